The zero-order chi connectivity index (χ0) is 13.8. The van der Waals surface area contributed by atoms with Crippen LogP contribution in [0.2, 0.25) is 5.02 Å². The van der Waals surface area contributed by atoms with Gasteiger partial charge in [-0.3, -0.25) is 0 Å². The van der Waals surface area contributed by atoms with Gasteiger partial charge in [-0.15, -0.1) is 0 Å². The normalized spacial score (nSPS) is 13.6. The molecule has 0 radical (unpaired) electrons. The summed E-state index contributed by atoms with van der Waals surface area (Å²) in [6, 6.07) is 4.63. The molecule has 0 saturated heterocycles. The lowest BCUT2D eigenvalue weighted by atomic mass is 10.3. The van der Waals surface area contributed by atoms with Crippen molar-refractivity contribution in [2.24, 2.45) is 0 Å². The number of hydrogen-bond acceptors (Lipinski definition) is 3. The topological polar surface area (TPSA) is 58.2 Å². The molecule has 102 valence electrons. The molecule has 0 aliphatic heterocycles. The predicted molar refractivity (Wildman–Crippen MR) is 77.5 cm³/mol. The minimum absolute atomic E-state index is 0.0793. The number of halogens is 2. The van der Waals surface area contributed by atoms with Crippen molar-refractivity contribution >= 4 is 37.6 Å². The SMILES string of the molecule is CCN[C@H](C)CNS(=O)(=O)c1ccc(Br)c(Cl)c1. The summed E-state index contributed by atoms with van der Waals surface area (Å²) in [6.07, 6.45) is 0. The fourth-order valence-electron chi connectivity index (χ4n) is 1.38. The van der Waals surface area contributed by atoms with E-state index in [-0.39, 0.29) is 10.9 Å². The maximum Gasteiger partial charge on any atom is 0.240 e. The molecule has 0 bridgehead atoms. The Bertz CT molecular complexity index is 508. The van der Waals surface area contributed by atoms with Crippen LogP contribution in [0.1, 0.15) is 13.8 Å². The zero-order valence-electron chi connectivity index (χ0n) is 10.2. The highest BCUT2D eigenvalue weighted by atomic mass is 79.9. The summed E-state index contributed by atoms with van der Waals surface area (Å²) in [6.45, 7) is 5.02. The largest absolute Gasteiger partial charge is 0.313 e. The maximum atomic E-state index is 12.0. The van der Waals surface area contributed by atoms with Gasteiger partial charge < -0.3 is 5.32 Å². The first-order valence-electron chi connectivity index (χ1n) is 5.55. The van der Waals surface area contributed by atoms with Crippen LogP contribution in [0.15, 0.2) is 27.6 Å². The highest BCUT2D eigenvalue weighted by molar-refractivity contribution is 9.10. The summed E-state index contributed by atoms with van der Waals surface area (Å²) in [4.78, 5) is 0.166. The Hall–Kier alpha value is -0.140. The molecule has 0 saturated carbocycles. The van der Waals surface area contributed by atoms with Crippen LogP contribution in [0.25, 0.3) is 0 Å². The monoisotopic (exact) mass is 354 g/mol. The van der Waals surface area contributed by atoms with E-state index >= 15 is 0 Å². The van der Waals surface area contributed by atoms with Crippen LogP contribution in [0.4, 0.5) is 0 Å². The zero-order valence-corrected chi connectivity index (χ0v) is 13.4. The fourth-order valence-corrected chi connectivity index (χ4v) is 3.03. The van der Waals surface area contributed by atoms with Crippen molar-refractivity contribution in [2.75, 3.05) is 13.1 Å². The molecule has 1 aromatic carbocycles. The molecule has 4 nitrogen and oxygen atoms in total. The van der Waals surface area contributed by atoms with E-state index < -0.39 is 10.0 Å². The van der Waals surface area contributed by atoms with E-state index in [0.717, 1.165) is 6.54 Å². The third-order valence-electron chi connectivity index (χ3n) is 2.33. The molecule has 1 rings (SSSR count). The first-order valence-corrected chi connectivity index (χ1v) is 8.20. The lowest BCUT2D eigenvalue weighted by molar-refractivity contribution is 0.536. The summed E-state index contributed by atoms with van der Waals surface area (Å²) < 4.78 is 27.2. The number of hydrogen-bond donors (Lipinski definition) is 2. The van der Waals surface area contributed by atoms with Gasteiger partial charge in [-0.05, 0) is 47.6 Å². The Kier molecular flexibility index (Phi) is 6.07. The second-order valence-electron chi connectivity index (χ2n) is 3.89. The molecule has 0 aliphatic carbocycles. The van der Waals surface area contributed by atoms with Crippen LogP contribution in [0.5, 0.6) is 0 Å². The number of benzene rings is 1. The lowest BCUT2D eigenvalue weighted by Gasteiger charge is -2.13. The van der Waals surface area contributed by atoms with Crippen molar-refractivity contribution in [3.63, 3.8) is 0 Å². The van der Waals surface area contributed by atoms with Crippen molar-refractivity contribution in [1.29, 1.82) is 0 Å². The molecular weight excluding hydrogens is 340 g/mol. The fraction of sp³-hybridized carbons (Fsp3) is 0.455. The molecule has 2 N–H and O–H groups in total. The average molecular weight is 356 g/mol. The van der Waals surface area contributed by atoms with E-state index in [1.807, 2.05) is 13.8 Å². The third-order valence-corrected chi connectivity index (χ3v) is 4.99. The van der Waals surface area contributed by atoms with Gasteiger partial charge in [0.1, 0.15) is 0 Å². The molecule has 0 aromatic heterocycles. The van der Waals surface area contributed by atoms with Crippen molar-refractivity contribution in [3.05, 3.63) is 27.7 Å². The second-order valence-corrected chi connectivity index (χ2v) is 6.92. The smallest absolute Gasteiger partial charge is 0.240 e. The molecule has 0 heterocycles. The molecular formula is C11H16BrClN2O2S. The lowest BCUT2D eigenvalue weighted by Crippen LogP contribution is -2.38. The Labute approximate surface area is 121 Å². The summed E-state index contributed by atoms with van der Waals surface area (Å²) in [7, 11) is -3.51. The van der Waals surface area contributed by atoms with E-state index in [9.17, 15) is 8.42 Å². The van der Waals surface area contributed by atoms with Gasteiger partial charge in [-0.1, -0.05) is 18.5 Å². The number of sulfonamides is 1. The quantitative estimate of drug-likeness (QED) is 0.824. The van der Waals surface area contributed by atoms with E-state index in [1.165, 1.54) is 12.1 Å². The first kappa shape index (κ1) is 15.9. The van der Waals surface area contributed by atoms with Gasteiger partial charge in [0.05, 0.1) is 9.92 Å². The maximum absolute atomic E-state index is 12.0. The molecule has 0 spiro atoms. The van der Waals surface area contributed by atoms with Crippen molar-refractivity contribution < 1.29 is 8.42 Å². The van der Waals surface area contributed by atoms with Crippen molar-refractivity contribution in [1.82, 2.24) is 10.0 Å². The molecule has 18 heavy (non-hydrogen) atoms. The van der Waals surface area contributed by atoms with E-state index in [1.54, 1.807) is 6.07 Å². The van der Waals surface area contributed by atoms with Crippen LogP contribution in [-0.4, -0.2) is 27.5 Å². The van der Waals surface area contributed by atoms with E-state index in [4.69, 9.17) is 11.6 Å². The van der Waals surface area contributed by atoms with Crippen LogP contribution in [0.3, 0.4) is 0 Å². The summed E-state index contributed by atoms with van der Waals surface area (Å²) in [5.41, 5.74) is 0. The number of nitrogens with one attached hydrogen (secondary N) is 2. The van der Waals surface area contributed by atoms with Gasteiger partial charge in [0, 0.05) is 17.1 Å². The van der Waals surface area contributed by atoms with Gasteiger partial charge in [0.2, 0.25) is 10.0 Å². The molecule has 7 heteroatoms. The third kappa shape index (κ3) is 4.51. The number of likely N-dealkylation sites (N-methyl/N-ethyl adjacent to an activating group) is 1. The summed E-state index contributed by atoms with van der Waals surface area (Å²) in [5.74, 6) is 0. The van der Waals surface area contributed by atoms with Gasteiger partial charge in [-0.25, -0.2) is 13.1 Å². The van der Waals surface area contributed by atoms with Crippen molar-refractivity contribution in [2.45, 2.75) is 24.8 Å². The molecule has 1 aromatic rings. The molecule has 0 aliphatic rings. The van der Waals surface area contributed by atoms with Gasteiger partial charge in [-0.2, -0.15) is 0 Å². The van der Waals surface area contributed by atoms with Crippen LogP contribution >= 0.6 is 27.5 Å². The van der Waals surface area contributed by atoms with E-state index in [0.29, 0.717) is 16.0 Å². The Balaban J connectivity index is 2.77. The molecule has 0 amide bonds. The van der Waals surface area contributed by atoms with Gasteiger partial charge >= 0.3 is 0 Å². The minimum Gasteiger partial charge on any atom is -0.313 e. The highest BCUT2D eigenvalue weighted by Crippen LogP contribution is 2.25. The minimum atomic E-state index is -3.51. The number of rotatable bonds is 6. The first-order chi connectivity index (χ1) is 8.36. The second kappa shape index (κ2) is 6.86. The molecule has 0 fully saturated rings. The molecule has 0 unspecified atom stereocenters. The molecule has 1 atom stereocenters. The highest BCUT2D eigenvalue weighted by Gasteiger charge is 2.15. The average Bonchev–Trinajstić information content (AvgIpc) is 2.30. The van der Waals surface area contributed by atoms with Crippen LogP contribution in [-0.2, 0) is 10.0 Å². The van der Waals surface area contributed by atoms with Crippen LogP contribution < -0.4 is 10.0 Å². The van der Waals surface area contributed by atoms with Gasteiger partial charge in [0.25, 0.3) is 0 Å². The standard InChI is InChI=1S/C11H16BrClN2O2S/c1-3-14-8(2)7-15-18(16,17)9-4-5-10(12)11(13)6-9/h4-6,8,14-15H,3,7H2,1-2H3/t8-/m1/s1. The van der Waals surface area contributed by atoms with Crippen LogP contribution in [0, 0.1) is 0 Å². The Morgan fingerprint density at radius 1 is 1.44 bits per heavy atom. The van der Waals surface area contributed by atoms with E-state index in [2.05, 4.69) is 26.0 Å². The van der Waals surface area contributed by atoms with Gasteiger partial charge in [0.15, 0.2) is 0 Å². The Morgan fingerprint density at radius 2 is 2.11 bits per heavy atom. The van der Waals surface area contributed by atoms with Crippen molar-refractivity contribution in [3.8, 4) is 0 Å². The predicted octanol–water partition coefficient (Wildman–Crippen LogP) is 2.38. The summed E-state index contributed by atoms with van der Waals surface area (Å²) in [5, 5.41) is 3.50. The summed E-state index contributed by atoms with van der Waals surface area (Å²) >= 11 is 9.10. The Morgan fingerprint density at radius 3 is 2.67 bits per heavy atom.